The van der Waals surface area contributed by atoms with Crippen molar-refractivity contribution >= 4 is 50.0 Å². The molecule has 2 N–H and O–H groups in total. The van der Waals surface area contributed by atoms with Crippen molar-refractivity contribution in [2.75, 3.05) is 20.8 Å². The number of aromatic amines is 1. The Bertz CT molecular complexity index is 1300. The molecule has 3 rings (SSSR count). The van der Waals surface area contributed by atoms with E-state index >= 15 is 0 Å². The number of hydrogen-bond acceptors (Lipinski definition) is 9. The van der Waals surface area contributed by atoms with Gasteiger partial charge in [0.25, 0.3) is 5.91 Å². The van der Waals surface area contributed by atoms with Gasteiger partial charge in [-0.15, -0.1) is 0 Å². The third-order valence-electron chi connectivity index (χ3n) is 4.35. The van der Waals surface area contributed by atoms with Crippen molar-refractivity contribution in [3.05, 3.63) is 60.9 Å². The molecule has 2 aromatic heterocycles. The minimum absolute atomic E-state index is 0.116. The molecule has 0 spiro atoms. The van der Waals surface area contributed by atoms with Gasteiger partial charge in [0.1, 0.15) is 11.3 Å². The van der Waals surface area contributed by atoms with E-state index in [-0.39, 0.29) is 29.4 Å². The van der Waals surface area contributed by atoms with Crippen molar-refractivity contribution in [1.82, 2.24) is 15.4 Å². The Hall–Kier alpha value is -3.45. The first-order chi connectivity index (χ1) is 16.2. The molecule has 0 atom stereocenters. The molecule has 0 saturated carbocycles. The van der Waals surface area contributed by atoms with Gasteiger partial charge in [-0.2, -0.15) is 10.1 Å². The van der Waals surface area contributed by atoms with Crippen molar-refractivity contribution < 1.29 is 28.2 Å². The number of H-pyrrole nitrogens is 1. The zero-order valence-corrected chi connectivity index (χ0v) is 21.3. The summed E-state index contributed by atoms with van der Waals surface area (Å²) >= 11 is 6.48. The van der Waals surface area contributed by atoms with E-state index in [0.717, 1.165) is 0 Å². The van der Waals surface area contributed by atoms with Crippen LogP contribution in [0.2, 0.25) is 0 Å². The van der Waals surface area contributed by atoms with Crippen LogP contribution in [0.3, 0.4) is 0 Å². The van der Waals surface area contributed by atoms with Crippen molar-refractivity contribution in [3.63, 3.8) is 0 Å². The Morgan fingerprint density at radius 2 is 2.00 bits per heavy atom. The number of ether oxygens (including phenoxy) is 3. The number of nitrogens with one attached hydrogen (secondary N) is 2. The highest BCUT2D eigenvalue weighted by Gasteiger charge is 2.21. The second-order valence-corrected chi connectivity index (χ2v) is 8.17. The summed E-state index contributed by atoms with van der Waals surface area (Å²) in [6.45, 7) is 1.21. The van der Waals surface area contributed by atoms with Gasteiger partial charge in [-0.3, -0.25) is 4.79 Å². The molecule has 34 heavy (non-hydrogen) atoms. The van der Waals surface area contributed by atoms with E-state index in [1.807, 2.05) is 0 Å². The number of hydrogen-bond donors (Lipinski definition) is 2. The highest BCUT2D eigenvalue weighted by Crippen LogP contribution is 2.33. The average molecular weight is 598 g/mol. The Kier molecular flexibility index (Phi) is 8.23. The van der Waals surface area contributed by atoms with Crippen LogP contribution in [0.1, 0.15) is 21.8 Å². The SMILES string of the molecule is COC(=O)c1c(-c2ccc(OCC(=O)N/N=C\c3cc(Br)c(Br)o3)c(OC)c2)nc(=O)[nH]c1C. The number of furan rings is 1. The summed E-state index contributed by atoms with van der Waals surface area (Å²) in [5.41, 5.74) is 2.67. The molecule has 0 unspecified atom stereocenters. The number of esters is 1. The fraction of sp³-hybridized carbons (Fsp3) is 0.190. The number of nitrogens with zero attached hydrogens (tertiary/aromatic N) is 2. The van der Waals surface area contributed by atoms with E-state index in [2.05, 4.69) is 52.4 Å². The topological polar surface area (TPSA) is 145 Å². The highest BCUT2D eigenvalue weighted by molar-refractivity contribution is 9.13. The molecule has 0 fully saturated rings. The summed E-state index contributed by atoms with van der Waals surface area (Å²) < 4.78 is 22.2. The minimum Gasteiger partial charge on any atom is -0.493 e. The Balaban J connectivity index is 1.74. The number of aromatic nitrogens is 2. The number of benzene rings is 1. The number of halogens is 2. The van der Waals surface area contributed by atoms with Gasteiger partial charge in [-0.1, -0.05) is 0 Å². The molecule has 0 bridgehead atoms. The van der Waals surface area contributed by atoms with Gasteiger partial charge in [-0.05, 0) is 57.0 Å². The third-order valence-corrected chi connectivity index (χ3v) is 6.06. The molecule has 3 aromatic rings. The number of aryl methyl sites for hydroxylation is 1. The molecular weight excluding hydrogens is 580 g/mol. The van der Waals surface area contributed by atoms with Gasteiger partial charge < -0.3 is 23.6 Å². The summed E-state index contributed by atoms with van der Waals surface area (Å²) in [6.07, 6.45) is 1.33. The lowest BCUT2D eigenvalue weighted by molar-refractivity contribution is -0.123. The number of rotatable bonds is 8. The standard InChI is InChI=1S/C21H18Br2N4O7/c1-10-17(20(29)32-3)18(26-21(30)25-10)11-4-5-14(15(6-11)31-2)33-9-16(28)27-24-8-12-7-13(22)19(23)34-12/h4-8H,9H2,1-3H3,(H,27,28)(H,25,26,30)/b24-8-. The van der Waals surface area contributed by atoms with Crippen LogP contribution >= 0.6 is 31.9 Å². The lowest BCUT2D eigenvalue weighted by Crippen LogP contribution is -2.24. The van der Waals surface area contributed by atoms with Gasteiger partial charge in [0.2, 0.25) is 0 Å². The second-order valence-electron chi connectivity index (χ2n) is 6.60. The van der Waals surface area contributed by atoms with Crippen molar-refractivity contribution in [2.24, 2.45) is 5.10 Å². The molecule has 1 aromatic carbocycles. The zero-order valence-electron chi connectivity index (χ0n) is 18.1. The van der Waals surface area contributed by atoms with E-state index in [9.17, 15) is 14.4 Å². The molecule has 0 saturated heterocycles. The third kappa shape index (κ3) is 5.91. The molecule has 0 aliphatic heterocycles. The van der Waals surface area contributed by atoms with Gasteiger partial charge in [0.05, 0.1) is 30.6 Å². The quantitative estimate of drug-likeness (QED) is 0.229. The smallest absolute Gasteiger partial charge is 0.345 e. The summed E-state index contributed by atoms with van der Waals surface area (Å²) in [5, 5.41) is 3.80. The number of carbonyl (C=O) groups excluding carboxylic acids is 2. The van der Waals surface area contributed by atoms with Gasteiger partial charge in [0.15, 0.2) is 22.8 Å². The maximum atomic E-state index is 12.2. The summed E-state index contributed by atoms with van der Waals surface area (Å²) in [7, 11) is 2.64. The van der Waals surface area contributed by atoms with Gasteiger partial charge in [-0.25, -0.2) is 15.0 Å². The van der Waals surface area contributed by atoms with Crippen LogP contribution in [-0.4, -0.2) is 48.9 Å². The van der Waals surface area contributed by atoms with E-state index in [4.69, 9.17) is 18.6 Å². The van der Waals surface area contributed by atoms with Crippen LogP contribution in [0.15, 0.2) is 47.7 Å². The van der Waals surface area contributed by atoms with Crippen LogP contribution in [-0.2, 0) is 9.53 Å². The summed E-state index contributed by atoms with van der Waals surface area (Å²) in [6, 6.07) is 6.31. The average Bonchev–Trinajstić information content (AvgIpc) is 3.13. The maximum Gasteiger partial charge on any atom is 0.345 e. The molecule has 0 aliphatic carbocycles. The summed E-state index contributed by atoms with van der Waals surface area (Å²) in [4.78, 5) is 42.6. The van der Waals surface area contributed by atoms with E-state index in [0.29, 0.717) is 26.2 Å². The first kappa shape index (κ1) is 25.2. The number of methoxy groups -OCH3 is 2. The Labute approximate surface area is 209 Å². The van der Waals surface area contributed by atoms with Crippen LogP contribution in [0.4, 0.5) is 0 Å². The normalized spacial score (nSPS) is 10.9. The summed E-state index contributed by atoms with van der Waals surface area (Å²) in [5.74, 6) is -0.235. The van der Waals surface area contributed by atoms with E-state index in [1.54, 1.807) is 19.1 Å². The molecule has 11 nitrogen and oxygen atoms in total. The van der Waals surface area contributed by atoms with Crippen LogP contribution in [0.25, 0.3) is 11.3 Å². The first-order valence-electron chi connectivity index (χ1n) is 9.50. The first-order valence-corrected chi connectivity index (χ1v) is 11.1. The van der Waals surface area contributed by atoms with Crippen molar-refractivity contribution in [2.45, 2.75) is 6.92 Å². The lowest BCUT2D eigenvalue weighted by Gasteiger charge is -2.13. The van der Waals surface area contributed by atoms with Crippen molar-refractivity contribution in [3.8, 4) is 22.8 Å². The van der Waals surface area contributed by atoms with E-state index < -0.39 is 17.6 Å². The predicted molar refractivity (Wildman–Crippen MR) is 128 cm³/mol. The van der Waals surface area contributed by atoms with Crippen LogP contribution in [0, 0.1) is 6.92 Å². The Morgan fingerprint density at radius 1 is 1.24 bits per heavy atom. The molecular formula is C21H18Br2N4O7. The monoisotopic (exact) mass is 596 g/mol. The molecule has 0 radical (unpaired) electrons. The van der Waals surface area contributed by atoms with Gasteiger partial charge >= 0.3 is 11.7 Å². The second kappa shape index (κ2) is 11.1. The van der Waals surface area contributed by atoms with Crippen molar-refractivity contribution in [1.29, 1.82) is 0 Å². The highest BCUT2D eigenvalue weighted by atomic mass is 79.9. The van der Waals surface area contributed by atoms with Crippen LogP contribution in [0.5, 0.6) is 11.5 Å². The largest absolute Gasteiger partial charge is 0.493 e. The minimum atomic E-state index is -0.651. The molecule has 178 valence electrons. The molecule has 2 heterocycles. The fourth-order valence-corrected chi connectivity index (χ4v) is 3.46. The molecule has 1 amide bonds. The molecule has 13 heteroatoms. The predicted octanol–water partition coefficient (Wildman–Crippen LogP) is 3.19. The number of hydrazone groups is 1. The molecule has 0 aliphatic rings. The zero-order chi connectivity index (χ0) is 24.8. The van der Waals surface area contributed by atoms with Gasteiger partial charge in [0, 0.05) is 17.3 Å². The Morgan fingerprint density at radius 3 is 2.65 bits per heavy atom. The number of amides is 1. The lowest BCUT2D eigenvalue weighted by atomic mass is 10.0. The maximum absolute atomic E-state index is 12.2. The number of carbonyl (C=O) groups is 2. The van der Waals surface area contributed by atoms with Crippen LogP contribution < -0.4 is 20.6 Å². The van der Waals surface area contributed by atoms with E-state index in [1.165, 1.54) is 32.6 Å². The fourth-order valence-electron chi connectivity index (χ4n) is 2.85.